The van der Waals surface area contributed by atoms with E-state index in [9.17, 15) is 4.79 Å². The molecule has 0 aliphatic heterocycles. The van der Waals surface area contributed by atoms with Crippen LogP contribution in [0.4, 0.5) is 0 Å². The molecular weight excluding hydrogens is 236 g/mol. The number of nitrogens with two attached hydrogens (primary N) is 1. The Morgan fingerprint density at radius 2 is 2.41 bits per heavy atom. The fourth-order valence-corrected chi connectivity index (χ4v) is 2.41. The van der Waals surface area contributed by atoms with Gasteiger partial charge in [-0.05, 0) is 26.0 Å². The molecule has 0 spiro atoms. The molecule has 0 radical (unpaired) electrons. The summed E-state index contributed by atoms with van der Waals surface area (Å²) in [6.07, 6.45) is 3.89. The van der Waals surface area contributed by atoms with Crippen LogP contribution < -0.4 is 11.1 Å². The van der Waals surface area contributed by atoms with Crippen LogP contribution in [0.15, 0.2) is 23.6 Å². The summed E-state index contributed by atoms with van der Waals surface area (Å²) in [5.41, 5.74) is 4.76. The van der Waals surface area contributed by atoms with Crippen molar-refractivity contribution in [1.82, 2.24) is 15.3 Å². The van der Waals surface area contributed by atoms with Gasteiger partial charge in [0, 0.05) is 11.9 Å². The summed E-state index contributed by atoms with van der Waals surface area (Å²) in [5, 5.41) is 4.03. The Balaban J connectivity index is 2.45. The molecule has 5 nitrogen and oxygen atoms in total. The molecule has 1 aromatic rings. The van der Waals surface area contributed by atoms with E-state index in [1.807, 2.05) is 19.9 Å². The molecular formula is C11H18N4OS. The topological polar surface area (TPSA) is 80.9 Å². The first-order chi connectivity index (χ1) is 8.08. The third kappa shape index (κ3) is 4.32. The van der Waals surface area contributed by atoms with E-state index in [0.29, 0.717) is 6.42 Å². The number of aromatic nitrogens is 2. The van der Waals surface area contributed by atoms with Gasteiger partial charge in [0.25, 0.3) is 0 Å². The van der Waals surface area contributed by atoms with Crippen LogP contribution in [0.25, 0.3) is 0 Å². The fourth-order valence-electron chi connectivity index (χ4n) is 1.41. The van der Waals surface area contributed by atoms with E-state index in [1.54, 1.807) is 18.0 Å². The molecule has 0 fully saturated rings. The van der Waals surface area contributed by atoms with Crippen molar-refractivity contribution in [3.05, 3.63) is 18.6 Å². The third-order valence-electron chi connectivity index (χ3n) is 2.52. The minimum Gasteiger partial charge on any atom is -0.368 e. The van der Waals surface area contributed by atoms with Gasteiger partial charge < -0.3 is 11.1 Å². The predicted molar refractivity (Wildman–Crippen MR) is 68.6 cm³/mol. The van der Waals surface area contributed by atoms with Crippen LogP contribution in [-0.2, 0) is 4.79 Å². The van der Waals surface area contributed by atoms with Crippen LogP contribution >= 0.6 is 11.8 Å². The Bertz CT molecular complexity index is 360. The number of carbonyl (C=O) groups excluding carboxylic acids is 1. The Morgan fingerprint density at radius 3 is 2.94 bits per heavy atom. The number of primary amides is 1. The van der Waals surface area contributed by atoms with E-state index < -0.39 is 5.54 Å². The lowest BCUT2D eigenvalue weighted by Crippen LogP contribution is -2.53. The first kappa shape index (κ1) is 13.9. The van der Waals surface area contributed by atoms with Gasteiger partial charge in [0.05, 0.1) is 10.6 Å². The van der Waals surface area contributed by atoms with E-state index in [4.69, 9.17) is 5.73 Å². The molecule has 6 heteroatoms. The second-order valence-corrected chi connectivity index (χ2v) is 4.99. The van der Waals surface area contributed by atoms with Crippen LogP contribution in [0.1, 0.15) is 20.3 Å². The molecule has 1 aromatic heterocycles. The van der Waals surface area contributed by atoms with E-state index in [2.05, 4.69) is 15.3 Å². The van der Waals surface area contributed by atoms with Gasteiger partial charge in [0.1, 0.15) is 6.33 Å². The van der Waals surface area contributed by atoms with Gasteiger partial charge in [-0.2, -0.15) is 0 Å². The molecule has 0 aliphatic rings. The molecule has 1 unspecified atom stereocenters. The Labute approximate surface area is 106 Å². The molecule has 1 rings (SSSR count). The molecule has 17 heavy (non-hydrogen) atoms. The molecule has 0 bridgehead atoms. The highest BCUT2D eigenvalue weighted by Crippen LogP contribution is 2.19. The van der Waals surface area contributed by atoms with Gasteiger partial charge in [0.15, 0.2) is 0 Å². The first-order valence-electron chi connectivity index (χ1n) is 5.52. The molecule has 0 saturated heterocycles. The maximum absolute atomic E-state index is 11.4. The Kier molecular flexibility index (Phi) is 5.37. The number of hydrogen-bond acceptors (Lipinski definition) is 5. The average molecular weight is 254 g/mol. The van der Waals surface area contributed by atoms with Gasteiger partial charge >= 0.3 is 0 Å². The van der Waals surface area contributed by atoms with Gasteiger partial charge in [-0.15, -0.1) is 11.8 Å². The molecule has 1 atom stereocenters. The fraction of sp³-hybridized carbons (Fsp3) is 0.545. The number of nitrogens with one attached hydrogen (secondary N) is 1. The van der Waals surface area contributed by atoms with Crippen molar-refractivity contribution in [2.75, 3.05) is 12.3 Å². The van der Waals surface area contributed by atoms with Crippen LogP contribution in [-0.4, -0.2) is 33.7 Å². The van der Waals surface area contributed by atoms with E-state index >= 15 is 0 Å². The Morgan fingerprint density at radius 1 is 1.65 bits per heavy atom. The summed E-state index contributed by atoms with van der Waals surface area (Å²) in [5.74, 6) is 0.464. The highest BCUT2D eigenvalue weighted by Gasteiger charge is 2.29. The van der Waals surface area contributed by atoms with Crippen molar-refractivity contribution in [2.45, 2.75) is 30.8 Å². The number of nitrogens with zero attached hydrogens (tertiary/aromatic N) is 2. The summed E-state index contributed by atoms with van der Waals surface area (Å²) < 4.78 is 0. The quantitative estimate of drug-likeness (QED) is 0.556. The van der Waals surface area contributed by atoms with Crippen molar-refractivity contribution >= 4 is 17.7 Å². The molecule has 0 aromatic carbocycles. The number of amides is 1. The minimum atomic E-state index is -0.644. The molecule has 0 saturated carbocycles. The zero-order valence-corrected chi connectivity index (χ0v) is 11.0. The predicted octanol–water partition coefficient (Wildman–Crippen LogP) is 0.812. The van der Waals surface area contributed by atoms with Crippen LogP contribution in [0.5, 0.6) is 0 Å². The number of hydrogen-bond donors (Lipinski definition) is 2. The number of carbonyl (C=O) groups is 1. The second kappa shape index (κ2) is 6.56. The summed E-state index contributed by atoms with van der Waals surface area (Å²) >= 11 is 1.59. The average Bonchev–Trinajstić information content (AvgIpc) is 2.30. The third-order valence-corrected chi connectivity index (χ3v) is 3.46. The summed E-state index contributed by atoms with van der Waals surface area (Å²) in [7, 11) is 0. The van der Waals surface area contributed by atoms with Crippen LogP contribution in [0, 0.1) is 0 Å². The monoisotopic (exact) mass is 254 g/mol. The maximum atomic E-state index is 11.4. The summed E-state index contributed by atoms with van der Waals surface area (Å²) in [4.78, 5) is 19.3. The SMILES string of the molecule is CCNC(C)(CCSc1ccncn1)C(N)=O. The lowest BCUT2D eigenvalue weighted by Gasteiger charge is -2.26. The molecule has 94 valence electrons. The van der Waals surface area contributed by atoms with Crippen LogP contribution in [0.3, 0.4) is 0 Å². The van der Waals surface area contributed by atoms with Crippen molar-refractivity contribution in [3.8, 4) is 0 Å². The molecule has 1 amide bonds. The first-order valence-corrected chi connectivity index (χ1v) is 6.51. The largest absolute Gasteiger partial charge is 0.368 e. The minimum absolute atomic E-state index is 0.317. The van der Waals surface area contributed by atoms with Gasteiger partial charge in [-0.1, -0.05) is 6.92 Å². The second-order valence-electron chi connectivity index (χ2n) is 3.87. The molecule has 1 heterocycles. The summed E-state index contributed by atoms with van der Waals surface area (Å²) in [6, 6.07) is 1.85. The lowest BCUT2D eigenvalue weighted by molar-refractivity contribution is -0.123. The normalized spacial score (nSPS) is 14.2. The van der Waals surface area contributed by atoms with Gasteiger partial charge in [0.2, 0.25) is 5.91 Å². The lowest BCUT2D eigenvalue weighted by atomic mass is 9.98. The van der Waals surface area contributed by atoms with E-state index in [0.717, 1.165) is 17.3 Å². The number of likely N-dealkylation sites (N-methyl/N-ethyl adjacent to an activating group) is 1. The molecule has 3 N–H and O–H groups in total. The maximum Gasteiger partial charge on any atom is 0.237 e. The molecule has 0 aliphatic carbocycles. The van der Waals surface area contributed by atoms with E-state index in [1.165, 1.54) is 6.33 Å². The van der Waals surface area contributed by atoms with E-state index in [-0.39, 0.29) is 5.91 Å². The van der Waals surface area contributed by atoms with Crippen molar-refractivity contribution in [3.63, 3.8) is 0 Å². The van der Waals surface area contributed by atoms with Crippen molar-refractivity contribution in [2.24, 2.45) is 5.73 Å². The van der Waals surface area contributed by atoms with Crippen molar-refractivity contribution in [1.29, 1.82) is 0 Å². The Hall–Kier alpha value is -1.14. The van der Waals surface area contributed by atoms with Gasteiger partial charge in [-0.3, -0.25) is 4.79 Å². The van der Waals surface area contributed by atoms with Gasteiger partial charge in [-0.25, -0.2) is 9.97 Å². The van der Waals surface area contributed by atoms with Crippen LogP contribution in [0.2, 0.25) is 0 Å². The van der Waals surface area contributed by atoms with Crippen molar-refractivity contribution < 1.29 is 4.79 Å². The number of thioether (sulfide) groups is 1. The zero-order valence-electron chi connectivity index (χ0n) is 10.1. The smallest absolute Gasteiger partial charge is 0.237 e. The highest BCUT2D eigenvalue weighted by atomic mass is 32.2. The summed E-state index contributed by atoms with van der Waals surface area (Å²) in [6.45, 7) is 4.51. The zero-order chi connectivity index (χ0) is 12.7. The number of rotatable bonds is 7. The highest BCUT2D eigenvalue weighted by molar-refractivity contribution is 7.99. The standard InChI is InChI=1S/C11H18N4OS/c1-3-15-11(2,10(12)16)5-7-17-9-4-6-13-8-14-9/h4,6,8,15H,3,5,7H2,1-2H3,(H2,12,16).